The smallest absolute Gasteiger partial charge is 0.247 e. The third-order valence-corrected chi connectivity index (χ3v) is 4.14. The molecule has 0 spiro atoms. The van der Waals surface area contributed by atoms with Crippen LogP contribution < -0.4 is 5.73 Å². The van der Waals surface area contributed by atoms with Crippen LogP contribution in [0.5, 0.6) is 0 Å². The first-order chi connectivity index (χ1) is 8.43. The first kappa shape index (κ1) is 14.0. The predicted molar refractivity (Wildman–Crippen MR) is 65.6 cm³/mol. The Morgan fingerprint density at radius 3 is 2.28 bits per heavy atom. The third kappa shape index (κ3) is 2.77. The maximum absolute atomic E-state index is 12.2. The summed E-state index contributed by atoms with van der Waals surface area (Å²) < 4.78 is 25.2. The second-order valence-electron chi connectivity index (χ2n) is 3.63. The Balaban J connectivity index is 3.28. The highest BCUT2D eigenvalue weighted by Gasteiger charge is 2.26. The molecule has 0 saturated carbocycles. The van der Waals surface area contributed by atoms with Gasteiger partial charge in [-0.15, -0.1) is 0 Å². The van der Waals surface area contributed by atoms with Crippen molar-refractivity contribution < 1.29 is 8.42 Å². The minimum atomic E-state index is -3.91. The summed E-state index contributed by atoms with van der Waals surface area (Å²) in [7, 11) is -3.91. The second kappa shape index (κ2) is 5.50. The number of anilines is 1. The molecular weight excluding hydrogens is 252 g/mol. The highest BCUT2D eigenvalue weighted by atomic mass is 32.2. The van der Waals surface area contributed by atoms with E-state index < -0.39 is 10.0 Å². The van der Waals surface area contributed by atoms with Gasteiger partial charge in [-0.3, -0.25) is 0 Å². The van der Waals surface area contributed by atoms with Crippen LogP contribution in [0.2, 0.25) is 0 Å². The van der Waals surface area contributed by atoms with Crippen molar-refractivity contribution in [1.29, 1.82) is 10.5 Å². The van der Waals surface area contributed by atoms with Gasteiger partial charge in [-0.05, 0) is 24.6 Å². The molecule has 7 heteroatoms. The third-order valence-electron chi connectivity index (χ3n) is 2.28. The van der Waals surface area contributed by atoms with E-state index in [4.69, 9.17) is 16.3 Å². The Kier molecular flexibility index (Phi) is 4.27. The van der Waals surface area contributed by atoms with Crippen molar-refractivity contribution in [2.24, 2.45) is 0 Å². The minimum absolute atomic E-state index is 0.0846. The lowest BCUT2D eigenvalue weighted by Gasteiger charge is -2.17. The van der Waals surface area contributed by atoms with Crippen molar-refractivity contribution in [2.75, 3.05) is 18.8 Å². The average molecular weight is 264 g/mol. The Hall–Kier alpha value is -2.09. The number of nitrogens with zero attached hydrogens (tertiary/aromatic N) is 3. The van der Waals surface area contributed by atoms with Crippen LogP contribution in [0.1, 0.15) is 5.56 Å². The van der Waals surface area contributed by atoms with Gasteiger partial charge in [0.15, 0.2) is 0 Å². The molecule has 1 aromatic carbocycles. The van der Waals surface area contributed by atoms with Crippen LogP contribution in [0.4, 0.5) is 5.69 Å². The molecule has 0 heterocycles. The molecule has 0 aliphatic rings. The molecule has 94 valence electrons. The number of rotatable bonds is 4. The van der Waals surface area contributed by atoms with E-state index in [1.807, 2.05) is 0 Å². The minimum Gasteiger partial charge on any atom is -0.398 e. The lowest BCUT2D eigenvalue weighted by molar-refractivity contribution is 0.480. The van der Waals surface area contributed by atoms with E-state index in [9.17, 15) is 8.42 Å². The monoisotopic (exact) mass is 264 g/mol. The summed E-state index contributed by atoms with van der Waals surface area (Å²) in [6, 6.07) is 7.95. The van der Waals surface area contributed by atoms with Crippen molar-refractivity contribution in [2.45, 2.75) is 11.8 Å². The summed E-state index contributed by atoms with van der Waals surface area (Å²) in [6.07, 6.45) is 0. The number of benzene rings is 1. The molecule has 0 radical (unpaired) electrons. The second-order valence-corrected chi connectivity index (χ2v) is 5.54. The van der Waals surface area contributed by atoms with Gasteiger partial charge in [0.25, 0.3) is 0 Å². The van der Waals surface area contributed by atoms with Crippen molar-refractivity contribution in [1.82, 2.24) is 4.31 Å². The largest absolute Gasteiger partial charge is 0.398 e. The van der Waals surface area contributed by atoms with Crippen molar-refractivity contribution in [3.8, 4) is 12.1 Å². The fourth-order valence-corrected chi connectivity index (χ4v) is 2.76. The zero-order chi connectivity index (χ0) is 13.8. The normalized spacial score (nSPS) is 10.9. The van der Waals surface area contributed by atoms with Crippen LogP contribution >= 0.6 is 0 Å². The van der Waals surface area contributed by atoms with Crippen molar-refractivity contribution in [3.63, 3.8) is 0 Å². The van der Waals surface area contributed by atoms with Crippen LogP contribution in [0.3, 0.4) is 0 Å². The lowest BCUT2D eigenvalue weighted by atomic mass is 10.2. The molecule has 0 bridgehead atoms. The standard InChI is InChI=1S/C11H12N4O2S/c1-9-2-3-11(10(14)8-9)18(16,17)15(6-4-12)7-5-13/h2-3,8H,6-7,14H2,1H3. The molecule has 1 aromatic rings. The molecule has 0 fully saturated rings. The van der Waals surface area contributed by atoms with Gasteiger partial charge < -0.3 is 5.73 Å². The Morgan fingerprint density at radius 2 is 1.83 bits per heavy atom. The molecule has 0 aliphatic carbocycles. The Labute approximate surface area is 106 Å². The SMILES string of the molecule is Cc1ccc(S(=O)(=O)N(CC#N)CC#N)c(N)c1. The fourth-order valence-electron chi connectivity index (χ4n) is 1.43. The highest BCUT2D eigenvalue weighted by molar-refractivity contribution is 7.89. The summed E-state index contributed by atoms with van der Waals surface area (Å²) in [5.41, 5.74) is 6.61. The van der Waals surface area contributed by atoms with Gasteiger partial charge in [-0.25, -0.2) is 8.42 Å². The first-order valence-corrected chi connectivity index (χ1v) is 6.47. The number of hydrogen-bond donors (Lipinski definition) is 1. The van der Waals surface area contributed by atoms with Gasteiger partial charge in [-0.2, -0.15) is 14.8 Å². The number of nitriles is 2. The molecular formula is C11H12N4O2S. The Morgan fingerprint density at radius 1 is 1.28 bits per heavy atom. The average Bonchev–Trinajstić information content (AvgIpc) is 2.28. The number of sulfonamides is 1. The molecule has 0 amide bonds. The van der Waals surface area contributed by atoms with Gasteiger partial charge in [0, 0.05) is 0 Å². The van der Waals surface area contributed by atoms with Crippen LogP contribution in [0, 0.1) is 29.6 Å². The van der Waals surface area contributed by atoms with Crippen molar-refractivity contribution in [3.05, 3.63) is 23.8 Å². The maximum atomic E-state index is 12.2. The fraction of sp³-hybridized carbons (Fsp3) is 0.273. The number of nitrogens with two attached hydrogens (primary N) is 1. The van der Waals surface area contributed by atoms with E-state index in [2.05, 4.69) is 0 Å². The summed E-state index contributed by atoms with van der Waals surface area (Å²) in [4.78, 5) is -0.0846. The van der Waals surface area contributed by atoms with Gasteiger partial charge in [0.1, 0.15) is 18.0 Å². The molecule has 2 N–H and O–H groups in total. The molecule has 6 nitrogen and oxygen atoms in total. The van der Waals surface area contributed by atoms with Gasteiger partial charge in [-0.1, -0.05) is 6.07 Å². The molecule has 1 rings (SSSR count). The summed E-state index contributed by atoms with van der Waals surface area (Å²) >= 11 is 0. The molecule has 0 atom stereocenters. The lowest BCUT2D eigenvalue weighted by Crippen LogP contribution is -2.32. The molecule has 0 saturated heterocycles. The predicted octanol–water partition coefficient (Wildman–Crippen LogP) is 0.615. The maximum Gasteiger partial charge on any atom is 0.247 e. The van der Waals surface area contributed by atoms with E-state index >= 15 is 0 Å². The molecule has 0 unspecified atom stereocenters. The zero-order valence-electron chi connectivity index (χ0n) is 9.79. The zero-order valence-corrected chi connectivity index (χ0v) is 10.6. The molecule has 0 aliphatic heterocycles. The van der Waals surface area contributed by atoms with Gasteiger partial charge in [0.2, 0.25) is 10.0 Å². The number of hydrogen-bond acceptors (Lipinski definition) is 5. The quantitative estimate of drug-likeness (QED) is 0.632. The van der Waals surface area contributed by atoms with E-state index in [-0.39, 0.29) is 23.7 Å². The highest BCUT2D eigenvalue weighted by Crippen LogP contribution is 2.22. The summed E-state index contributed by atoms with van der Waals surface area (Å²) in [5.74, 6) is 0. The van der Waals surface area contributed by atoms with Crippen LogP contribution in [-0.2, 0) is 10.0 Å². The van der Waals surface area contributed by atoms with Gasteiger partial charge >= 0.3 is 0 Å². The van der Waals surface area contributed by atoms with Gasteiger partial charge in [0.05, 0.1) is 17.8 Å². The first-order valence-electron chi connectivity index (χ1n) is 5.03. The van der Waals surface area contributed by atoms with Crippen LogP contribution in [0.15, 0.2) is 23.1 Å². The summed E-state index contributed by atoms with van der Waals surface area (Å²) in [5, 5.41) is 17.2. The van der Waals surface area contributed by atoms with E-state index in [1.165, 1.54) is 12.1 Å². The van der Waals surface area contributed by atoms with E-state index in [0.29, 0.717) is 0 Å². The van der Waals surface area contributed by atoms with E-state index in [1.54, 1.807) is 25.1 Å². The summed E-state index contributed by atoms with van der Waals surface area (Å²) in [6.45, 7) is 1.02. The van der Waals surface area contributed by atoms with Crippen LogP contribution in [-0.4, -0.2) is 25.8 Å². The number of aryl methyl sites for hydroxylation is 1. The number of nitrogen functional groups attached to an aromatic ring is 1. The Bertz CT molecular complexity index is 609. The topological polar surface area (TPSA) is 111 Å². The van der Waals surface area contributed by atoms with Crippen molar-refractivity contribution >= 4 is 15.7 Å². The van der Waals surface area contributed by atoms with E-state index in [0.717, 1.165) is 9.87 Å². The molecule has 18 heavy (non-hydrogen) atoms. The van der Waals surface area contributed by atoms with Crippen LogP contribution in [0.25, 0.3) is 0 Å². The molecule has 0 aromatic heterocycles.